The number of non-ortho nitro benzene ring substituents is 1. The molecule has 3 aromatic rings. The number of hydrogen-bond donors (Lipinski definition) is 1. The number of nitro groups is 1. The van der Waals surface area contributed by atoms with Gasteiger partial charge in [-0.05, 0) is 11.1 Å². The van der Waals surface area contributed by atoms with Crippen LogP contribution in [0.1, 0.15) is 33.9 Å². The van der Waals surface area contributed by atoms with E-state index in [1.807, 2.05) is 36.4 Å². The molecule has 0 saturated carbocycles. The predicted octanol–water partition coefficient (Wildman–Crippen LogP) is 4.84. The topological polar surface area (TPSA) is 98.5 Å². The lowest BCUT2D eigenvalue weighted by atomic mass is 9.98. The number of carbonyl (C=O) groups is 2. The lowest BCUT2D eigenvalue weighted by Crippen LogP contribution is -2.30. The monoisotopic (exact) mass is 404 g/mol. The number of benzene rings is 3. The van der Waals surface area contributed by atoms with Crippen molar-refractivity contribution < 1.29 is 19.2 Å². The summed E-state index contributed by atoms with van der Waals surface area (Å²) in [5.74, 6) is -0.165. The van der Waals surface area contributed by atoms with E-state index < -0.39 is 17.1 Å². The van der Waals surface area contributed by atoms with Gasteiger partial charge in [0, 0.05) is 24.1 Å². The lowest BCUT2D eigenvalue weighted by Gasteiger charge is -2.18. The van der Waals surface area contributed by atoms with Crippen LogP contribution in [0.15, 0.2) is 84.9 Å². The highest BCUT2D eigenvalue weighted by Crippen LogP contribution is 2.22. The number of amides is 1. The van der Waals surface area contributed by atoms with Crippen LogP contribution in [0.2, 0.25) is 0 Å². The third-order valence-corrected chi connectivity index (χ3v) is 4.50. The molecule has 1 N–H and O–H groups in total. The first-order chi connectivity index (χ1) is 14.5. The largest absolute Gasteiger partial charge is 0.445 e. The first-order valence-corrected chi connectivity index (χ1v) is 9.33. The molecule has 7 nitrogen and oxygen atoms in total. The van der Waals surface area contributed by atoms with Crippen molar-refractivity contribution in [2.24, 2.45) is 0 Å². The van der Waals surface area contributed by atoms with Gasteiger partial charge in [0.25, 0.3) is 5.69 Å². The van der Waals surface area contributed by atoms with E-state index in [-0.39, 0.29) is 24.5 Å². The van der Waals surface area contributed by atoms with Crippen LogP contribution < -0.4 is 5.32 Å². The van der Waals surface area contributed by atoms with Gasteiger partial charge in [-0.15, -0.1) is 0 Å². The zero-order valence-corrected chi connectivity index (χ0v) is 16.1. The molecule has 0 aliphatic rings. The molecule has 0 aliphatic carbocycles. The lowest BCUT2D eigenvalue weighted by molar-refractivity contribution is -0.384. The smallest absolute Gasteiger partial charge is 0.407 e. The number of carbonyl (C=O) groups excluding carboxylic acids is 2. The Labute approximate surface area is 173 Å². The van der Waals surface area contributed by atoms with Crippen molar-refractivity contribution in [2.45, 2.75) is 19.1 Å². The molecule has 152 valence electrons. The first kappa shape index (κ1) is 20.7. The fourth-order valence-electron chi connectivity index (χ4n) is 2.91. The number of nitrogens with zero attached hydrogens (tertiary/aromatic N) is 1. The van der Waals surface area contributed by atoms with Gasteiger partial charge in [-0.2, -0.15) is 0 Å². The second-order valence-corrected chi connectivity index (χ2v) is 6.60. The SMILES string of the molecule is O=C(NC(CC(=O)c1ccccc1)c1ccc([N+](=O)[O-])cc1)OCc1ccccc1. The number of Topliss-reactive ketones (excluding diaryl/α,β-unsaturated/α-hetero) is 1. The zero-order valence-electron chi connectivity index (χ0n) is 16.1. The van der Waals surface area contributed by atoms with E-state index in [0.717, 1.165) is 5.56 Å². The summed E-state index contributed by atoms with van der Waals surface area (Å²) in [6.45, 7) is 0.0896. The van der Waals surface area contributed by atoms with Gasteiger partial charge in [-0.25, -0.2) is 4.79 Å². The summed E-state index contributed by atoms with van der Waals surface area (Å²) in [6, 6.07) is 23.0. The molecule has 1 unspecified atom stereocenters. The second-order valence-electron chi connectivity index (χ2n) is 6.60. The third-order valence-electron chi connectivity index (χ3n) is 4.50. The zero-order chi connectivity index (χ0) is 21.3. The van der Waals surface area contributed by atoms with Crippen molar-refractivity contribution in [1.82, 2.24) is 5.32 Å². The molecule has 0 aromatic heterocycles. The fraction of sp³-hybridized carbons (Fsp3) is 0.130. The highest BCUT2D eigenvalue weighted by molar-refractivity contribution is 5.96. The van der Waals surface area contributed by atoms with Gasteiger partial charge in [0.2, 0.25) is 0 Å². The van der Waals surface area contributed by atoms with E-state index in [9.17, 15) is 19.7 Å². The Balaban J connectivity index is 1.73. The molecule has 0 bridgehead atoms. The van der Waals surface area contributed by atoms with Gasteiger partial charge in [0.05, 0.1) is 11.0 Å². The minimum absolute atomic E-state index is 0.0116. The van der Waals surface area contributed by atoms with Gasteiger partial charge in [0.1, 0.15) is 6.61 Å². The number of nitro benzene ring substituents is 1. The van der Waals surface area contributed by atoms with E-state index in [2.05, 4.69) is 5.32 Å². The summed E-state index contributed by atoms with van der Waals surface area (Å²) in [4.78, 5) is 35.4. The van der Waals surface area contributed by atoms with Crippen LogP contribution in [0.5, 0.6) is 0 Å². The standard InChI is InChI=1S/C23H20N2O5/c26-22(19-9-5-2-6-10-19)15-21(18-11-13-20(14-12-18)25(28)29)24-23(27)30-16-17-7-3-1-4-8-17/h1-14,21H,15-16H2,(H,24,27). The van der Waals surface area contributed by atoms with Crippen LogP contribution in [0.3, 0.4) is 0 Å². The van der Waals surface area contributed by atoms with Crippen LogP contribution in [0, 0.1) is 10.1 Å². The molecule has 1 atom stereocenters. The number of ketones is 1. The average molecular weight is 404 g/mol. The summed E-state index contributed by atoms with van der Waals surface area (Å²) in [6.07, 6.45) is -0.689. The Morgan fingerprint density at radius 1 is 0.900 bits per heavy atom. The fourth-order valence-corrected chi connectivity index (χ4v) is 2.91. The maximum atomic E-state index is 12.7. The molecule has 0 radical (unpaired) electrons. The third kappa shape index (κ3) is 5.75. The van der Waals surface area contributed by atoms with Crippen molar-refractivity contribution in [3.8, 4) is 0 Å². The van der Waals surface area contributed by atoms with Crippen LogP contribution in [0.4, 0.5) is 10.5 Å². The van der Waals surface area contributed by atoms with Crippen LogP contribution >= 0.6 is 0 Å². The predicted molar refractivity (Wildman–Crippen MR) is 111 cm³/mol. The van der Waals surface area contributed by atoms with E-state index >= 15 is 0 Å². The average Bonchev–Trinajstić information content (AvgIpc) is 2.78. The molecular weight excluding hydrogens is 384 g/mol. The summed E-state index contributed by atoms with van der Waals surface area (Å²) in [5.41, 5.74) is 1.85. The molecule has 0 heterocycles. The molecule has 1 amide bonds. The number of ether oxygens (including phenoxy) is 1. The molecule has 30 heavy (non-hydrogen) atoms. The molecule has 0 saturated heterocycles. The molecule has 7 heteroatoms. The molecule has 3 rings (SSSR count). The minimum atomic E-state index is -0.693. The first-order valence-electron chi connectivity index (χ1n) is 9.33. The maximum Gasteiger partial charge on any atom is 0.407 e. The van der Waals surface area contributed by atoms with Gasteiger partial charge in [-0.3, -0.25) is 14.9 Å². The summed E-state index contributed by atoms with van der Waals surface area (Å²) in [7, 11) is 0. The number of rotatable bonds is 8. The molecule has 0 fully saturated rings. The van der Waals surface area contributed by atoms with Gasteiger partial charge < -0.3 is 10.1 Å². The van der Waals surface area contributed by atoms with Crippen molar-refractivity contribution in [1.29, 1.82) is 0 Å². The van der Waals surface area contributed by atoms with Gasteiger partial charge in [-0.1, -0.05) is 72.8 Å². The van der Waals surface area contributed by atoms with Gasteiger partial charge >= 0.3 is 6.09 Å². The molecule has 3 aromatic carbocycles. The highest BCUT2D eigenvalue weighted by atomic mass is 16.6. The quantitative estimate of drug-likeness (QED) is 0.329. The van der Waals surface area contributed by atoms with Crippen molar-refractivity contribution in [3.63, 3.8) is 0 Å². The minimum Gasteiger partial charge on any atom is -0.445 e. The number of hydrogen-bond acceptors (Lipinski definition) is 5. The van der Waals surface area contributed by atoms with E-state index in [1.165, 1.54) is 24.3 Å². The van der Waals surface area contributed by atoms with Crippen molar-refractivity contribution in [3.05, 3.63) is 112 Å². The number of nitrogens with one attached hydrogen (secondary N) is 1. The van der Waals surface area contributed by atoms with Crippen LogP contribution in [-0.2, 0) is 11.3 Å². The summed E-state index contributed by atoms with van der Waals surface area (Å²) < 4.78 is 5.26. The Hall–Kier alpha value is -4.00. The molecule has 0 spiro atoms. The molecular formula is C23H20N2O5. The maximum absolute atomic E-state index is 12.7. The number of alkyl carbamates (subject to hydrolysis) is 1. The Morgan fingerprint density at radius 3 is 2.10 bits per heavy atom. The normalized spacial score (nSPS) is 11.3. The Kier molecular flexibility index (Phi) is 6.89. The van der Waals surface area contributed by atoms with Crippen LogP contribution in [0.25, 0.3) is 0 Å². The Morgan fingerprint density at radius 2 is 1.50 bits per heavy atom. The summed E-state index contributed by atoms with van der Waals surface area (Å²) in [5, 5.41) is 13.6. The van der Waals surface area contributed by atoms with E-state index in [0.29, 0.717) is 11.1 Å². The van der Waals surface area contributed by atoms with Gasteiger partial charge in [0.15, 0.2) is 5.78 Å². The highest BCUT2D eigenvalue weighted by Gasteiger charge is 2.21. The van der Waals surface area contributed by atoms with Crippen LogP contribution in [-0.4, -0.2) is 16.8 Å². The summed E-state index contributed by atoms with van der Waals surface area (Å²) >= 11 is 0. The molecule has 0 aliphatic heterocycles. The van der Waals surface area contributed by atoms with Crippen molar-refractivity contribution >= 4 is 17.6 Å². The second kappa shape index (κ2) is 9.97. The van der Waals surface area contributed by atoms with E-state index in [1.54, 1.807) is 24.3 Å². The van der Waals surface area contributed by atoms with E-state index in [4.69, 9.17) is 4.74 Å². The van der Waals surface area contributed by atoms with Crippen molar-refractivity contribution in [2.75, 3.05) is 0 Å². The Bertz CT molecular complexity index is 1000.